The normalized spacial score (nSPS) is 21.5. The van der Waals surface area contributed by atoms with Gasteiger partial charge in [-0.15, -0.1) is 0 Å². The molecule has 1 fully saturated rings. The van der Waals surface area contributed by atoms with E-state index in [0.717, 1.165) is 19.4 Å². The molecule has 1 saturated heterocycles. The molecule has 1 unspecified atom stereocenters. The number of nitrogens with zero attached hydrogens (tertiary/aromatic N) is 1. The lowest BCUT2D eigenvalue weighted by Crippen LogP contribution is -2.42. The summed E-state index contributed by atoms with van der Waals surface area (Å²) in [6, 6.07) is 0. The van der Waals surface area contributed by atoms with Crippen LogP contribution in [0.1, 0.15) is 32.6 Å². The van der Waals surface area contributed by atoms with Gasteiger partial charge >= 0.3 is 5.97 Å². The Balaban J connectivity index is 2.41. The van der Waals surface area contributed by atoms with Gasteiger partial charge in [0.1, 0.15) is 0 Å². The monoisotopic (exact) mass is 257 g/mol. The van der Waals surface area contributed by atoms with E-state index in [1.165, 1.54) is 7.11 Å². The first kappa shape index (κ1) is 15.0. The largest absolute Gasteiger partial charge is 0.469 e. The van der Waals surface area contributed by atoms with Crippen molar-refractivity contribution in [3.05, 3.63) is 0 Å². The van der Waals surface area contributed by atoms with Crippen molar-refractivity contribution in [1.29, 1.82) is 0 Å². The molecule has 0 aromatic carbocycles. The molecule has 0 aromatic heterocycles. The van der Waals surface area contributed by atoms with Gasteiger partial charge in [0.05, 0.1) is 19.1 Å². The Morgan fingerprint density at radius 3 is 2.72 bits per heavy atom. The van der Waals surface area contributed by atoms with Gasteiger partial charge < -0.3 is 14.4 Å². The number of likely N-dealkylation sites (tertiary alicyclic amines) is 1. The Morgan fingerprint density at radius 2 is 2.11 bits per heavy atom. The molecule has 1 rings (SSSR count). The molecule has 104 valence electrons. The molecule has 5 nitrogen and oxygen atoms in total. The van der Waals surface area contributed by atoms with Crippen LogP contribution in [0.25, 0.3) is 0 Å². The van der Waals surface area contributed by atoms with Gasteiger partial charge in [0, 0.05) is 26.6 Å². The molecule has 2 atom stereocenters. The molecule has 0 bridgehead atoms. The standard InChI is InChI=1S/C13H23NO4/c1-10(17-2)6-7-12(15)14-8-4-5-11(9-14)13(16)18-3/h10-11H,4-9H2,1-3H3/t10?,11-/m0/s1. The van der Waals surface area contributed by atoms with Crippen molar-refractivity contribution >= 4 is 11.9 Å². The van der Waals surface area contributed by atoms with Crippen LogP contribution in [0.5, 0.6) is 0 Å². The quantitative estimate of drug-likeness (QED) is 0.695. The predicted octanol–water partition coefficient (Wildman–Crippen LogP) is 1.21. The SMILES string of the molecule is COC(=O)[C@H]1CCCN(C(=O)CCC(C)OC)C1. The first-order valence-electron chi connectivity index (χ1n) is 6.46. The van der Waals surface area contributed by atoms with Crippen LogP contribution in [0.15, 0.2) is 0 Å². The van der Waals surface area contributed by atoms with Crippen LogP contribution < -0.4 is 0 Å². The summed E-state index contributed by atoms with van der Waals surface area (Å²) in [5.41, 5.74) is 0. The van der Waals surface area contributed by atoms with E-state index in [2.05, 4.69) is 0 Å². The lowest BCUT2D eigenvalue weighted by atomic mass is 9.98. The summed E-state index contributed by atoms with van der Waals surface area (Å²) in [6.07, 6.45) is 2.96. The van der Waals surface area contributed by atoms with Gasteiger partial charge in [0.25, 0.3) is 0 Å². The number of hydrogen-bond acceptors (Lipinski definition) is 4. The lowest BCUT2D eigenvalue weighted by molar-refractivity contribution is -0.149. The molecule has 0 saturated carbocycles. The molecule has 0 spiro atoms. The minimum absolute atomic E-state index is 0.0927. The average Bonchev–Trinajstić information content (AvgIpc) is 2.43. The maximum atomic E-state index is 12.0. The zero-order valence-corrected chi connectivity index (χ0v) is 11.5. The first-order chi connectivity index (χ1) is 8.58. The van der Waals surface area contributed by atoms with Crippen molar-refractivity contribution in [2.24, 2.45) is 5.92 Å². The minimum atomic E-state index is -0.210. The van der Waals surface area contributed by atoms with Crippen molar-refractivity contribution < 1.29 is 19.1 Å². The molecule has 1 amide bonds. The molecule has 1 aliphatic rings. The fourth-order valence-corrected chi connectivity index (χ4v) is 2.17. The van der Waals surface area contributed by atoms with Crippen LogP contribution in [0.4, 0.5) is 0 Å². The number of methoxy groups -OCH3 is 2. The number of piperidine rings is 1. The number of carbonyl (C=O) groups excluding carboxylic acids is 2. The summed E-state index contributed by atoms with van der Waals surface area (Å²) in [5, 5.41) is 0. The van der Waals surface area contributed by atoms with E-state index in [-0.39, 0.29) is 23.9 Å². The van der Waals surface area contributed by atoms with E-state index in [1.807, 2.05) is 6.92 Å². The highest BCUT2D eigenvalue weighted by Gasteiger charge is 2.28. The van der Waals surface area contributed by atoms with Crippen LogP contribution in [0.2, 0.25) is 0 Å². The molecule has 5 heteroatoms. The molecule has 0 aliphatic carbocycles. The lowest BCUT2D eigenvalue weighted by Gasteiger charge is -2.31. The number of amides is 1. The van der Waals surface area contributed by atoms with Gasteiger partial charge in [0.15, 0.2) is 0 Å². The summed E-state index contributed by atoms with van der Waals surface area (Å²) in [7, 11) is 3.03. The van der Waals surface area contributed by atoms with E-state index in [1.54, 1.807) is 12.0 Å². The van der Waals surface area contributed by atoms with Crippen LogP contribution in [-0.2, 0) is 19.1 Å². The Morgan fingerprint density at radius 1 is 1.39 bits per heavy atom. The van der Waals surface area contributed by atoms with E-state index in [9.17, 15) is 9.59 Å². The summed E-state index contributed by atoms with van der Waals surface area (Å²) in [4.78, 5) is 25.2. The molecular formula is C13H23NO4. The van der Waals surface area contributed by atoms with Crippen molar-refractivity contribution in [2.45, 2.75) is 38.7 Å². The second kappa shape index (κ2) is 7.36. The molecule has 0 N–H and O–H groups in total. The maximum Gasteiger partial charge on any atom is 0.310 e. The number of carbonyl (C=O) groups is 2. The fourth-order valence-electron chi connectivity index (χ4n) is 2.17. The number of hydrogen-bond donors (Lipinski definition) is 0. The molecule has 1 aliphatic heterocycles. The number of ether oxygens (including phenoxy) is 2. The predicted molar refractivity (Wildman–Crippen MR) is 67.0 cm³/mol. The highest BCUT2D eigenvalue weighted by molar-refractivity contribution is 5.78. The number of rotatable bonds is 5. The topological polar surface area (TPSA) is 55.8 Å². The summed E-state index contributed by atoms with van der Waals surface area (Å²) in [6.45, 7) is 3.18. The van der Waals surface area contributed by atoms with E-state index < -0.39 is 0 Å². The summed E-state index contributed by atoms with van der Waals surface area (Å²) in [5.74, 6) is -0.266. The van der Waals surface area contributed by atoms with Gasteiger partial charge in [-0.1, -0.05) is 0 Å². The third-order valence-electron chi connectivity index (χ3n) is 3.48. The highest BCUT2D eigenvalue weighted by Crippen LogP contribution is 2.19. The average molecular weight is 257 g/mol. The van der Waals surface area contributed by atoms with Crippen molar-refractivity contribution in [3.63, 3.8) is 0 Å². The Hall–Kier alpha value is -1.10. The third-order valence-corrected chi connectivity index (χ3v) is 3.48. The second-order valence-electron chi connectivity index (χ2n) is 4.79. The van der Waals surface area contributed by atoms with Crippen LogP contribution in [0.3, 0.4) is 0 Å². The van der Waals surface area contributed by atoms with Crippen LogP contribution >= 0.6 is 0 Å². The molecule has 0 aromatic rings. The molecular weight excluding hydrogens is 234 g/mol. The van der Waals surface area contributed by atoms with Gasteiger partial charge in [0.2, 0.25) is 5.91 Å². The Labute approximate surface area is 108 Å². The minimum Gasteiger partial charge on any atom is -0.469 e. The van der Waals surface area contributed by atoms with E-state index >= 15 is 0 Å². The molecule has 18 heavy (non-hydrogen) atoms. The second-order valence-corrected chi connectivity index (χ2v) is 4.79. The zero-order chi connectivity index (χ0) is 13.5. The third kappa shape index (κ3) is 4.29. The number of esters is 1. The fraction of sp³-hybridized carbons (Fsp3) is 0.846. The Kier molecular flexibility index (Phi) is 6.12. The van der Waals surface area contributed by atoms with Gasteiger partial charge in [-0.25, -0.2) is 0 Å². The maximum absolute atomic E-state index is 12.0. The molecule has 0 radical (unpaired) electrons. The van der Waals surface area contributed by atoms with Crippen molar-refractivity contribution in [2.75, 3.05) is 27.3 Å². The van der Waals surface area contributed by atoms with Gasteiger partial charge in [-0.3, -0.25) is 9.59 Å². The first-order valence-corrected chi connectivity index (χ1v) is 6.46. The Bertz CT molecular complexity index is 293. The van der Waals surface area contributed by atoms with Crippen molar-refractivity contribution in [1.82, 2.24) is 4.90 Å². The van der Waals surface area contributed by atoms with Gasteiger partial charge in [-0.05, 0) is 26.2 Å². The van der Waals surface area contributed by atoms with Crippen LogP contribution in [-0.4, -0.2) is 50.2 Å². The van der Waals surface area contributed by atoms with E-state index in [0.29, 0.717) is 19.4 Å². The van der Waals surface area contributed by atoms with E-state index in [4.69, 9.17) is 9.47 Å². The summed E-state index contributed by atoms with van der Waals surface area (Å²) < 4.78 is 9.86. The smallest absolute Gasteiger partial charge is 0.310 e. The highest BCUT2D eigenvalue weighted by atomic mass is 16.5. The summed E-state index contributed by atoms with van der Waals surface area (Å²) >= 11 is 0. The van der Waals surface area contributed by atoms with Crippen LogP contribution in [0, 0.1) is 5.92 Å². The molecule has 1 heterocycles. The van der Waals surface area contributed by atoms with Crippen molar-refractivity contribution in [3.8, 4) is 0 Å². The zero-order valence-electron chi connectivity index (χ0n) is 11.5. The van der Waals surface area contributed by atoms with Gasteiger partial charge in [-0.2, -0.15) is 0 Å².